The summed E-state index contributed by atoms with van der Waals surface area (Å²) in [7, 11) is 0. The number of nitrogens with zero attached hydrogens (tertiary/aromatic N) is 3. The molecule has 0 fully saturated rings. The van der Waals surface area contributed by atoms with Crippen molar-refractivity contribution in [2.24, 2.45) is 5.73 Å². The number of hydrogen-bond acceptors (Lipinski definition) is 6. The number of amides is 1. The summed E-state index contributed by atoms with van der Waals surface area (Å²) in [5.41, 5.74) is 7.47. The van der Waals surface area contributed by atoms with Gasteiger partial charge in [0, 0.05) is 34.7 Å². The minimum Gasteiger partial charge on any atom is -0.432 e. The predicted octanol–water partition coefficient (Wildman–Crippen LogP) is 5.44. The Morgan fingerprint density at radius 2 is 1.92 bits per heavy atom. The van der Waals surface area contributed by atoms with Crippen LogP contribution in [0.3, 0.4) is 0 Å². The van der Waals surface area contributed by atoms with Gasteiger partial charge in [-0.15, -0.1) is 0 Å². The smallest absolute Gasteiger partial charge is 0.387 e. The van der Waals surface area contributed by atoms with Gasteiger partial charge in [-0.25, -0.2) is 14.4 Å². The molecule has 0 saturated carbocycles. The van der Waals surface area contributed by atoms with Crippen LogP contribution < -0.4 is 21.1 Å². The van der Waals surface area contributed by atoms with Crippen LogP contribution in [0.5, 0.6) is 5.75 Å². The molecule has 4 rings (SSSR count). The summed E-state index contributed by atoms with van der Waals surface area (Å²) >= 11 is 0. The van der Waals surface area contributed by atoms with Gasteiger partial charge in [0.05, 0.1) is 11.9 Å². The molecule has 206 valence electrons. The molecular formula is C27H28F4N6O2. The number of carbonyl (C=O) groups excluding carboxylic acids is 1. The molecule has 4 N–H and O–H groups in total. The van der Waals surface area contributed by atoms with Crippen molar-refractivity contribution in [3.63, 3.8) is 0 Å². The molecule has 39 heavy (non-hydrogen) atoms. The molecule has 8 nitrogen and oxygen atoms in total. The second-order valence-electron chi connectivity index (χ2n) is 9.46. The summed E-state index contributed by atoms with van der Waals surface area (Å²) in [6.07, 6.45) is 5.51. The van der Waals surface area contributed by atoms with Gasteiger partial charge >= 0.3 is 6.61 Å². The first-order chi connectivity index (χ1) is 18.5. The number of benzene rings is 2. The molecule has 0 aliphatic heterocycles. The van der Waals surface area contributed by atoms with Crippen molar-refractivity contribution in [1.82, 2.24) is 19.7 Å². The van der Waals surface area contributed by atoms with Crippen LogP contribution >= 0.6 is 0 Å². The van der Waals surface area contributed by atoms with E-state index in [1.807, 2.05) is 26.8 Å². The Bertz CT molecular complexity index is 1510. The van der Waals surface area contributed by atoms with Crippen molar-refractivity contribution < 1.29 is 27.1 Å². The van der Waals surface area contributed by atoms with Crippen LogP contribution in [-0.4, -0.2) is 39.0 Å². The first kappa shape index (κ1) is 27.8. The van der Waals surface area contributed by atoms with Gasteiger partial charge in [-0.1, -0.05) is 6.92 Å². The first-order valence-corrected chi connectivity index (χ1v) is 12.2. The molecule has 0 atom stereocenters. The number of fused-ring (bicyclic) bond motifs is 1. The van der Waals surface area contributed by atoms with Gasteiger partial charge in [-0.3, -0.25) is 9.20 Å². The van der Waals surface area contributed by atoms with Crippen LogP contribution in [0.25, 0.3) is 16.9 Å². The summed E-state index contributed by atoms with van der Waals surface area (Å²) in [6, 6.07) is 7.35. The van der Waals surface area contributed by atoms with Crippen LogP contribution in [0.2, 0.25) is 0 Å². The minimum absolute atomic E-state index is 0.178. The molecule has 0 radical (unpaired) electrons. The molecule has 0 bridgehead atoms. The number of aromatic nitrogens is 3. The highest BCUT2D eigenvalue weighted by molar-refractivity contribution is 5.96. The van der Waals surface area contributed by atoms with E-state index in [1.54, 1.807) is 12.1 Å². The molecule has 4 aromatic rings. The van der Waals surface area contributed by atoms with E-state index in [-0.39, 0.29) is 17.2 Å². The van der Waals surface area contributed by atoms with E-state index in [2.05, 4.69) is 25.3 Å². The maximum Gasteiger partial charge on any atom is 0.387 e. The Kier molecular flexibility index (Phi) is 8.05. The Morgan fingerprint density at radius 3 is 2.62 bits per heavy atom. The summed E-state index contributed by atoms with van der Waals surface area (Å²) < 4.78 is 59.6. The third kappa shape index (κ3) is 5.95. The summed E-state index contributed by atoms with van der Waals surface area (Å²) in [4.78, 5) is 21.5. The lowest BCUT2D eigenvalue weighted by molar-refractivity contribution is -0.0525. The fourth-order valence-electron chi connectivity index (χ4n) is 4.24. The molecule has 12 heteroatoms. The monoisotopic (exact) mass is 544 g/mol. The first-order valence-electron chi connectivity index (χ1n) is 12.2. The molecule has 0 aliphatic carbocycles. The number of nitrogens with two attached hydrogens (primary N) is 1. The number of alkyl halides is 2. The molecule has 0 unspecified atom stereocenters. The SMILES string of the molecule is CCc1cc(Nc2nccn3c(-c4ccc(OC(F)F)c(F)c4F)cnc23)ccc1C(=O)NC(C)(C)CCN. The number of rotatable bonds is 10. The fourth-order valence-corrected chi connectivity index (χ4v) is 4.24. The summed E-state index contributed by atoms with van der Waals surface area (Å²) in [6.45, 7) is 2.92. The number of anilines is 2. The minimum atomic E-state index is -3.29. The Labute approximate surface area is 222 Å². The maximum atomic E-state index is 14.8. The molecule has 0 saturated heterocycles. The van der Waals surface area contributed by atoms with Gasteiger partial charge in [0.15, 0.2) is 23.0 Å². The number of halogens is 4. The molecular weight excluding hydrogens is 516 g/mol. The topological polar surface area (TPSA) is 107 Å². The van der Waals surface area contributed by atoms with E-state index in [0.29, 0.717) is 42.1 Å². The quantitative estimate of drug-likeness (QED) is 0.230. The average Bonchev–Trinajstić information content (AvgIpc) is 3.31. The maximum absolute atomic E-state index is 14.8. The van der Waals surface area contributed by atoms with E-state index in [0.717, 1.165) is 17.7 Å². The van der Waals surface area contributed by atoms with Crippen LogP contribution in [0.1, 0.15) is 43.1 Å². The standard InChI is InChI=1S/C27H28F4N6O2/c1-4-15-13-16(5-6-17(15)25(38)36-27(2,3)9-10-32)35-23-24-34-14-19(37(24)12-11-33-23)18-7-8-20(39-26(30)31)22(29)21(18)28/h5-8,11-14,26H,4,9-10,32H2,1-3H3,(H,33,35)(H,36,38). The molecule has 2 heterocycles. The van der Waals surface area contributed by atoms with Crippen LogP contribution in [-0.2, 0) is 6.42 Å². The molecule has 0 aliphatic rings. The number of nitrogens with one attached hydrogen (secondary N) is 2. The molecule has 2 aromatic carbocycles. The Morgan fingerprint density at radius 1 is 1.15 bits per heavy atom. The Hall–Kier alpha value is -4.19. The van der Waals surface area contributed by atoms with E-state index in [4.69, 9.17) is 5.73 Å². The van der Waals surface area contributed by atoms with E-state index >= 15 is 0 Å². The third-order valence-corrected chi connectivity index (χ3v) is 6.18. The van der Waals surface area contributed by atoms with Gasteiger partial charge in [0.25, 0.3) is 5.91 Å². The lowest BCUT2D eigenvalue weighted by Crippen LogP contribution is -2.45. The van der Waals surface area contributed by atoms with E-state index in [9.17, 15) is 22.4 Å². The number of imidazole rings is 1. The zero-order valence-corrected chi connectivity index (χ0v) is 21.6. The van der Waals surface area contributed by atoms with Gasteiger partial charge in [0.2, 0.25) is 5.82 Å². The molecule has 1 amide bonds. The lowest BCUT2D eigenvalue weighted by Gasteiger charge is -2.26. The second-order valence-corrected chi connectivity index (χ2v) is 9.46. The third-order valence-electron chi connectivity index (χ3n) is 6.18. The van der Waals surface area contributed by atoms with Gasteiger partial charge < -0.3 is 21.1 Å². The van der Waals surface area contributed by atoms with E-state index < -0.39 is 29.5 Å². The normalized spacial score (nSPS) is 11.7. The highest BCUT2D eigenvalue weighted by Gasteiger charge is 2.23. The number of hydrogen-bond donors (Lipinski definition) is 3. The fraction of sp³-hybridized carbons (Fsp3) is 0.296. The highest BCUT2D eigenvalue weighted by Crippen LogP contribution is 2.32. The number of ether oxygens (including phenoxy) is 1. The van der Waals surface area contributed by atoms with Gasteiger partial charge in [0.1, 0.15) is 0 Å². The average molecular weight is 545 g/mol. The largest absolute Gasteiger partial charge is 0.432 e. The van der Waals surface area contributed by atoms with Crippen molar-refractivity contribution in [2.45, 2.75) is 45.8 Å². The lowest BCUT2D eigenvalue weighted by atomic mass is 9.98. The number of aryl methyl sites for hydroxylation is 1. The van der Waals surface area contributed by atoms with Crippen LogP contribution in [0.4, 0.5) is 29.1 Å². The van der Waals surface area contributed by atoms with Crippen molar-refractivity contribution in [3.05, 3.63) is 71.7 Å². The second kappa shape index (κ2) is 11.3. The molecule has 0 spiro atoms. The van der Waals surface area contributed by atoms with Gasteiger partial charge in [-0.05, 0) is 69.1 Å². The molecule has 2 aromatic heterocycles. The van der Waals surface area contributed by atoms with Crippen molar-refractivity contribution in [2.75, 3.05) is 11.9 Å². The van der Waals surface area contributed by atoms with Crippen LogP contribution in [0.15, 0.2) is 48.9 Å². The predicted molar refractivity (Wildman–Crippen MR) is 139 cm³/mol. The van der Waals surface area contributed by atoms with Crippen molar-refractivity contribution >= 4 is 23.1 Å². The summed E-state index contributed by atoms with van der Waals surface area (Å²) in [5, 5.41) is 6.18. The number of carbonyl (C=O) groups is 1. The van der Waals surface area contributed by atoms with Crippen LogP contribution in [0, 0.1) is 11.6 Å². The summed E-state index contributed by atoms with van der Waals surface area (Å²) in [5.74, 6) is -3.65. The van der Waals surface area contributed by atoms with E-state index in [1.165, 1.54) is 23.0 Å². The van der Waals surface area contributed by atoms with Gasteiger partial charge in [-0.2, -0.15) is 13.2 Å². The zero-order valence-electron chi connectivity index (χ0n) is 21.6. The van der Waals surface area contributed by atoms with Crippen molar-refractivity contribution in [3.8, 4) is 17.0 Å². The Balaban J connectivity index is 1.63. The zero-order chi connectivity index (χ0) is 28.3. The highest BCUT2D eigenvalue weighted by atomic mass is 19.3. The van der Waals surface area contributed by atoms with Crippen molar-refractivity contribution in [1.29, 1.82) is 0 Å².